The van der Waals surface area contributed by atoms with E-state index in [0.29, 0.717) is 10.7 Å². The summed E-state index contributed by atoms with van der Waals surface area (Å²) in [6.45, 7) is 0. The van der Waals surface area contributed by atoms with Gasteiger partial charge in [-0.3, -0.25) is 0 Å². The average Bonchev–Trinajstić information content (AvgIpc) is 2.83. The molecule has 0 amide bonds. The topological polar surface area (TPSA) is 17.8 Å². The van der Waals surface area contributed by atoms with E-state index in [-0.39, 0.29) is 0 Å². The van der Waals surface area contributed by atoms with Crippen molar-refractivity contribution >= 4 is 15.9 Å². The van der Waals surface area contributed by atoms with Crippen LogP contribution < -0.4 is 0 Å². The monoisotopic (exact) mass is 318 g/mol. The lowest BCUT2D eigenvalue weighted by atomic mass is 9.96. The van der Waals surface area contributed by atoms with Crippen molar-refractivity contribution in [2.75, 3.05) is 0 Å². The Bertz CT molecular complexity index is 521. The maximum absolute atomic E-state index is 4.52. The lowest BCUT2D eigenvalue weighted by Gasteiger charge is -2.18. The van der Waals surface area contributed by atoms with Crippen LogP contribution in [-0.2, 0) is 0 Å². The van der Waals surface area contributed by atoms with Crippen LogP contribution in [0.1, 0.15) is 43.7 Å². The third-order valence-electron chi connectivity index (χ3n) is 3.95. The average molecular weight is 319 g/mol. The minimum atomic E-state index is 0.620. The molecule has 1 aromatic heterocycles. The first-order valence-corrected chi connectivity index (χ1v) is 7.99. The molecule has 1 saturated carbocycles. The van der Waals surface area contributed by atoms with Crippen LogP contribution in [0.3, 0.4) is 0 Å². The maximum Gasteiger partial charge on any atom is 0.0648 e. The van der Waals surface area contributed by atoms with E-state index in [2.05, 4.69) is 56.0 Å². The van der Waals surface area contributed by atoms with Gasteiger partial charge in [0.25, 0.3) is 0 Å². The second-order valence-electron chi connectivity index (χ2n) is 5.32. The summed E-state index contributed by atoms with van der Waals surface area (Å²) in [5.74, 6) is 0.620. The van der Waals surface area contributed by atoms with Gasteiger partial charge in [0.15, 0.2) is 0 Å². The Labute approximate surface area is 123 Å². The highest BCUT2D eigenvalue weighted by Crippen LogP contribution is 2.35. The van der Waals surface area contributed by atoms with Gasteiger partial charge in [-0.1, -0.05) is 47.0 Å². The zero-order valence-corrected chi connectivity index (χ0v) is 12.6. The van der Waals surface area contributed by atoms with E-state index in [0.717, 1.165) is 5.69 Å². The lowest BCUT2D eigenvalue weighted by Crippen LogP contribution is -2.10. The third kappa shape index (κ3) is 2.92. The minimum absolute atomic E-state index is 0.620. The Morgan fingerprint density at radius 2 is 1.84 bits per heavy atom. The minimum Gasteiger partial charge on any atom is -0.238 e. The van der Waals surface area contributed by atoms with Crippen molar-refractivity contribution < 1.29 is 0 Å². The Kier molecular flexibility index (Phi) is 4.02. The number of hydrogen-bond donors (Lipinski definition) is 0. The van der Waals surface area contributed by atoms with Crippen molar-refractivity contribution in [3.8, 4) is 5.69 Å². The summed E-state index contributed by atoms with van der Waals surface area (Å²) in [4.78, 5) is 0.652. The molecule has 1 aliphatic carbocycles. The van der Waals surface area contributed by atoms with Crippen LogP contribution in [0.2, 0.25) is 0 Å². The first-order valence-electron chi connectivity index (χ1n) is 7.08. The van der Waals surface area contributed by atoms with E-state index in [4.69, 9.17) is 0 Å². The zero-order valence-electron chi connectivity index (χ0n) is 11.0. The third-order valence-corrected chi connectivity index (χ3v) is 4.78. The maximum atomic E-state index is 4.52. The van der Waals surface area contributed by atoms with Gasteiger partial charge in [-0.2, -0.15) is 5.10 Å². The van der Waals surface area contributed by atoms with E-state index >= 15 is 0 Å². The largest absolute Gasteiger partial charge is 0.238 e. The van der Waals surface area contributed by atoms with Crippen molar-refractivity contribution in [1.82, 2.24) is 9.78 Å². The normalized spacial score (nSPS) is 24.1. The number of nitrogens with zero attached hydrogens (tertiary/aromatic N) is 2. The predicted octanol–water partition coefficient (Wildman–Crippen LogP) is 4.68. The van der Waals surface area contributed by atoms with Gasteiger partial charge in [0.05, 0.1) is 5.69 Å². The SMILES string of the molecule is BrC1CCCCC(c2ccnn2-c2ccccc2)C1. The van der Waals surface area contributed by atoms with Crippen LogP contribution in [0, 0.1) is 0 Å². The summed E-state index contributed by atoms with van der Waals surface area (Å²) in [6, 6.07) is 12.6. The highest BCUT2D eigenvalue weighted by molar-refractivity contribution is 9.09. The van der Waals surface area contributed by atoms with Crippen LogP contribution in [-0.4, -0.2) is 14.6 Å². The smallest absolute Gasteiger partial charge is 0.0648 e. The van der Waals surface area contributed by atoms with Crippen LogP contribution in [0.5, 0.6) is 0 Å². The van der Waals surface area contributed by atoms with Crippen molar-refractivity contribution in [2.24, 2.45) is 0 Å². The lowest BCUT2D eigenvalue weighted by molar-refractivity contribution is 0.565. The summed E-state index contributed by atoms with van der Waals surface area (Å²) in [5, 5.41) is 4.52. The number of hydrogen-bond acceptors (Lipinski definition) is 1. The predicted molar refractivity (Wildman–Crippen MR) is 82.1 cm³/mol. The fraction of sp³-hybridized carbons (Fsp3) is 0.438. The number of halogens is 1. The number of para-hydroxylation sites is 1. The quantitative estimate of drug-likeness (QED) is 0.580. The molecule has 0 N–H and O–H groups in total. The van der Waals surface area contributed by atoms with Crippen LogP contribution in [0.25, 0.3) is 5.69 Å². The van der Waals surface area contributed by atoms with Gasteiger partial charge in [-0.25, -0.2) is 4.68 Å². The molecular weight excluding hydrogens is 300 g/mol. The molecule has 100 valence electrons. The second-order valence-corrected chi connectivity index (χ2v) is 6.61. The molecule has 3 heteroatoms. The molecule has 0 saturated heterocycles. The molecule has 1 fully saturated rings. The van der Waals surface area contributed by atoms with Gasteiger partial charge >= 0.3 is 0 Å². The summed E-state index contributed by atoms with van der Waals surface area (Å²) in [7, 11) is 0. The molecule has 0 radical (unpaired) electrons. The fourth-order valence-corrected chi connectivity index (χ4v) is 3.75. The summed E-state index contributed by atoms with van der Waals surface area (Å²) in [5.41, 5.74) is 2.52. The molecule has 3 rings (SSSR count). The van der Waals surface area contributed by atoms with E-state index < -0.39 is 0 Å². The standard InChI is InChI=1S/C16H19BrN2/c17-14-7-5-4-6-13(12-14)16-10-11-18-19(16)15-8-2-1-3-9-15/h1-3,8-11,13-14H,4-7,12H2. The van der Waals surface area contributed by atoms with E-state index in [9.17, 15) is 0 Å². The second kappa shape index (κ2) is 5.91. The summed E-state index contributed by atoms with van der Waals surface area (Å²) in [6.07, 6.45) is 8.39. The zero-order chi connectivity index (χ0) is 13.1. The molecule has 1 aliphatic rings. The highest BCUT2D eigenvalue weighted by atomic mass is 79.9. The summed E-state index contributed by atoms with van der Waals surface area (Å²) < 4.78 is 2.11. The van der Waals surface area contributed by atoms with E-state index in [1.807, 2.05) is 12.3 Å². The van der Waals surface area contributed by atoms with Gasteiger partial charge in [0.1, 0.15) is 0 Å². The molecule has 1 aromatic carbocycles. The Morgan fingerprint density at radius 1 is 1.05 bits per heavy atom. The molecule has 19 heavy (non-hydrogen) atoms. The number of benzene rings is 1. The summed E-state index contributed by atoms with van der Waals surface area (Å²) >= 11 is 3.82. The van der Waals surface area contributed by atoms with Crippen molar-refractivity contribution in [3.05, 3.63) is 48.3 Å². The van der Waals surface area contributed by atoms with Gasteiger partial charge in [0.2, 0.25) is 0 Å². The van der Waals surface area contributed by atoms with Crippen molar-refractivity contribution in [3.63, 3.8) is 0 Å². The molecular formula is C16H19BrN2. The van der Waals surface area contributed by atoms with Gasteiger partial charge in [-0.05, 0) is 37.5 Å². The van der Waals surface area contributed by atoms with E-state index in [1.165, 1.54) is 37.8 Å². The Morgan fingerprint density at radius 3 is 2.68 bits per heavy atom. The molecule has 0 spiro atoms. The molecule has 2 aromatic rings. The highest BCUT2D eigenvalue weighted by Gasteiger charge is 2.22. The van der Waals surface area contributed by atoms with Crippen LogP contribution >= 0.6 is 15.9 Å². The van der Waals surface area contributed by atoms with Crippen molar-refractivity contribution in [1.29, 1.82) is 0 Å². The van der Waals surface area contributed by atoms with Gasteiger partial charge in [0, 0.05) is 22.6 Å². The number of aromatic nitrogens is 2. The fourth-order valence-electron chi connectivity index (χ4n) is 2.98. The molecule has 0 aliphatic heterocycles. The van der Waals surface area contributed by atoms with Gasteiger partial charge in [-0.15, -0.1) is 0 Å². The van der Waals surface area contributed by atoms with Crippen LogP contribution in [0.4, 0.5) is 0 Å². The molecule has 2 nitrogen and oxygen atoms in total. The molecule has 1 heterocycles. The molecule has 2 atom stereocenters. The Hall–Kier alpha value is -1.09. The van der Waals surface area contributed by atoms with Crippen molar-refractivity contribution in [2.45, 2.75) is 42.8 Å². The molecule has 0 bridgehead atoms. The number of rotatable bonds is 2. The first-order chi connectivity index (χ1) is 9.34. The van der Waals surface area contributed by atoms with Crippen LogP contribution in [0.15, 0.2) is 42.6 Å². The van der Waals surface area contributed by atoms with Gasteiger partial charge < -0.3 is 0 Å². The number of alkyl halides is 1. The Balaban J connectivity index is 1.91. The first kappa shape index (κ1) is 12.9. The van der Waals surface area contributed by atoms with E-state index in [1.54, 1.807) is 0 Å². The molecule has 2 unspecified atom stereocenters.